The standard InChI is InChI=1S/C25H30N4O4S/c1-28(2)12-7-13-29(25(34)27-22-9-6-5-8-20(22)24(31)33-4)16-18-14-17-15-19(32-3)10-11-21(17)26-23(18)30/h5-6,8-11,14-15H,7,12-13,16H2,1-4H3,(H,26,30)(H,27,34). The minimum atomic E-state index is -0.454. The summed E-state index contributed by atoms with van der Waals surface area (Å²) in [6, 6.07) is 14.4. The molecular weight excluding hydrogens is 452 g/mol. The summed E-state index contributed by atoms with van der Waals surface area (Å²) in [6.07, 6.45) is 0.840. The highest BCUT2D eigenvalue weighted by atomic mass is 32.1. The van der Waals surface area contributed by atoms with Crippen molar-refractivity contribution in [2.45, 2.75) is 13.0 Å². The predicted octanol–water partition coefficient (Wildman–Crippen LogP) is 3.47. The van der Waals surface area contributed by atoms with Gasteiger partial charge in [-0.1, -0.05) is 12.1 Å². The molecule has 0 radical (unpaired) electrons. The van der Waals surface area contributed by atoms with Crippen molar-refractivity contribution >= 4 is 39.9 Å². The molecule has 180 valence electrons. The van der Waals surface area contributed by atoms with Crippen LogP contribution in [0.3, 0.4) is 0 Å². The van der Waals surface area contributed by atoms with Crippen molar-refractivity contribution in [3.05, 3.63) is 70.0 Å². The summed E-state index contributed by atoms with van der Waals surface area (Å²) in [5.74, 6) is 0.259. The molecule has 3 aromatic rings. The molecule has 8 nitrogen and oxygen atoms in total. The van der Waals surface area contributed by atoms with Crippen molar-refractivity contribution in [3.8, 4) is 5.75 Å². The molecule has 34 heavy (non-hydrogen) atoms. The van der Waals surface area contributed by atoms with Gasteiger partial charge in [0.2, 0.25) is 0 Å². The minimum Gasteiger partial charge on any atom is -0.497 e. The van der Waals surface area contributed by atoms with Crippen LogP contribution < -0.4 is 15.6 Å². The van der Waals surface area contributed by atoms with Crippen LogP contribution >= 0.6 is 12.2 Å². The molecule has 0 fully saturated rings. The summed E-state index contributed by atoms with van der Waals surface area (Å²) in [6.45, 7) is 1.80. The number of H-pyrrole nitrogens is 1. The highest BCUT2D eigenvalue weighted by molar-refractivity contribution is 7.80. The maximum Gasteiger partial charge on any atom is 0.339 e. The number of hydrogen-bond donors (Lipinski definition) is 2. The second-order valence-electron chi connectivity index (χ2n) is 8.12. The monoisotopic (exact) mass is 482 g/mol. The number of carbonyl (C=O) groups is 1. The van der Waals surface area contributed by atoms with E-state index < -0.39 is 5.97 Å². The number of anilines is 1. The molecule has 2 aromatic carbocycles. The van der Waals surface area contributed by atoms with Gasteiger partial charge in [-0.3, -0.25) is 4.79 Å². The van der Waals surface area contributed by atoms with Gasteiger partial charge in [0.15, 0.2) is 5.11 Å². The Bertz CT molecular complexity index is 1230. The molecule has 1 aromatic heterocycles. The molecule has 9 heteroatoms. The normalized spacial score (nSPS) is 10.9. The van der Waals surface area contributed by atoms with E-state index in [1.807, 2.05) is 49.3 Å². The maximum absolute atomic E-state index is 12.8. The number of pyridine rings is 1. The van der Waals surface area contributed by atoms with Crippen LogP contribution in [-0.4, -0.2) is 67.3 Å². The predicted molar refractivity (Wildman–Crippen MR) is 139 cm³/mol. The number of nitrogens with one attached hydrogen (secondary N) is 2. The molecule has 0 aliphatic rings. The number of nitrogens with zero attached hydrogens (tertiary/aromatic N) is 2. The fourth-order valence-corrected chi connectivity index (χ4v) is 3.85. The average Bonchev–Trinajstić information content (AvgIpc) is 2.83. The van der Waals surface area contributed by atoms with Gasteiger partial charge in [0, 0.05) is 23.0 Å². The summed E-state index contributed by atoms with van der Waals surface area (Å²) in [5, 5.41) is 4.46. The van der Waals surface area contributed by atoms with Crippen molar-refractivity contribution in [2.24, 2.45) is 0 Å². The summed E-state index contributed by atoms with van der Waals surface area (Å²) in [4.78, 5) is 32.0. The van der Waals surface area contributed by atoms with E-state index in [-0.39, 0.29) is 5.56 Å². The zero-order chi connectivity index (χ0) is 24.7. The number of aromatic amines is 1. The number of esters is 1. The molecule has 0 spiro atoms. The second-order valence-corrected chi connectivity index (χ2v) is 8.51. The van der Waals surface area contributed by atoms with Crippen molar-refractivity contribution in [1.29, 1.82) is 0 Å². The average molecular weight is 483 g/mol. The Labute approximate surface area is 204 Å². The molecule has 0 saturated carbocycles. The number of benzene rings is 2. The van der Waals surface area contributed by atoms with Crippen LogP contribution in [0.1, 0.15) is 22.3 Å². The number of ether oxygens (including phenoxy) is 2. The highest BCUT2D eigenvalue weighted by Gasteiger charge is 2.17. The van der Waals surface area contributed by atoms with E-state index in [0.29, 0.717) is 40.8 Å². The van der Waals surface area contributed by atoms with Crippen LogP contribution in [0.5, 0.6) is 5.75 Å². The van der Waals surface area contributed by atoms with Gasteiger partial charge >= 0.3 is 5.97 Å². The Hall–Kier alpha value is -3.43. The lowest BCUT2D eigenvalue weighted by molar-refractivity contribution is 0.0602. The van der Waals surface area contributed by atoms with Crippen molar-refractivity contribution < 1.29 is 14.3 Å². The summed E-state index contributed by atoms with van der Waals surface area (Å²) < 4.78 is 10.2. The Morgan fingerprint density at radius 3 is 2.56 bits per heavy atom. The van der Waals surface area contributed by atoms with Gasteiger partial charge in [-0.2, -0.15) is 0 Å². The Kier molecular flexibility index (Phi) is 8.61. The van der Waals surface area contributed by atoms with Gasteiger partial charge in [-0.25, -0.2) is 4.79 Å². The lowest BCUT2D eigenvalue weighted by Gasteiger charge is -2.27. The number of fused-ring (bicyclic) bond motifs is 1. The van der Waals surface area contributed by atoms with Crippen molar-refractivity contribution in [3.63, 3.8) is 0 Å². The van der Waals surface area contributed by atoms with Gasteiger partial charge in [-0.05, 0) is 75.7 Å². The van der Waals surface area contributed by atoms with Crippen LogP contribution in [0.25, 0.3) is 10.9 Å². The van der Waals surface area contributed by atoms with Crippen LogP contribution in [-0.2, 0) is 11.3 Å². The van der Waals surface area contributed by atoms with Crippen LogP contribution in [0.15, 0.2) is 53.3 Å². The minimum absolute atomic E-state index is 0.173. The first-order valence-electron chi connectivity index (χ1n) is 10.9. The molecule has 0 atom stereocenters. The van der Waals surface area contributed by atoms with Crippen molar-refractivity contribution in [2.75, 3.05) is 46.7 Å². The molecule has 0 aliphatic heterocycles. The fourth-order valence-electron chi connectivity index (χ4n) is 3.58. The molecular formula is C25H30N4O4S. The second kappa shape index (κ2) is 11.6. The molecule has 1 heterocycles. The topological polar surface area (TPSA) is 86.9 Å². The third-order valence-electron chi connectivity index (χ3n) is 5.38. The summed E-state index contributed by atoms with van der Waals surface area (Å²) in [7, 11) is 6.96. The van der Waals surface area contributed by atoms with Gasteiger partial charge in [-0.15, -0.1) is 0 Å². The number of hydrogen-bond acceptors (Lipinski definition) is 6. The molecule has 0 bridgehead atoms. The number of rotatable bonds is 9. The van der Waals surface area contributed by atoms with E-state index in [1.54, 1.807) is 25.3 Å². The first kappa shape index (κ1) is 25.2. The van der Waals surface area contributed by atoms with E-state index >= 15 is 0 Å². The number of aromatic nitrogens is 1. The third kappa shape index (κ3) is 6.33. The first-order valence-corrected chi connectivity index (χ1v) is 11.3. The molecule has 0 amide bonds. The van der Waals surface area contributed by atoms with Crippen LogP contribution in [0, 0.1) is 0 Å². The maximum atomic E-state index is 12.8. The van der Waals surface area contributed by atoms with Crippen LogP contribution in [0.4, 0.5) is 5.69 Å². The fraction of sp³-hybridized carbons (Fsp3) is 0.320. The largest absolute Gasteiger partial charge is 0.497 e. The quantitative estimate of drug-likeness (QED) is 0.354. The molecule has 0 saturated heterocycles. The van der Waals surface area contributed by atoms with Gasteiger partial charge in [0.1, 0.15) is 5.75 Å². The molecule has 0 unspecified atom stereocenters. The Morgan fingerprint density at radius 2 is 1.85 bits per heavy atom. The van der Waals surface area contributed by atoms with Gasteiger partial charge in [0.05, 0.1) is 32.0 Å². The Balaban J connectivity index is 1.89. The van der Waals surface area contributed by atoms with Gasteiger partial charge in [0.25, 0.3) is 5.56 Å². The van der Waals surface area contributed by atoms with Crippen molar-refractivity contribution in [1.82, 2.24) is 14.8 Å². The highest BCUT2D eigenvalue weighted by Crippen LogP contribution is 2.20. The number of carbonyl (C=O) groups excluding carboxylic acids is 1. The van der Waals surface area contributed by atoms with E-state index in [9.17, 15) is 9.59 Å². The van der Waals surface area contributed by atoms with E-state index in [4.69, 9.17) is 21.7 Å². The third-order valence-corrected chi connectivity index (χ3v) is 5.74. The smallest absolute Gasteiger partial charge is 0.339 e. The number of thiocarbonyl (C=S) groups is 1. The number of para-hydroxylation sites is 1. The zero-order valence-electron chi connectivity index (χ0n) is 19.9. The first-order chi connectivity index (χ1) is 16.3. The number of methoxy groups -OCH3 is 2. The summed E-state index contributed by atoms with van der Waals surface area (Å²) >= 11 is 5.71. The van der Waals surface area contributed by atoms with Gasteiger partial charge < -0.3 is 29.6 Å². The zero-order valence-corrected chi connectivity index (χ0v) is 20.7. The molecule has 3 rings (SSSR count). The van der Waals surface area contributed by atoms with E-state index in [0.717, 1.165) is 23.9 Å². The summed E-state index contributed by atoms with van der Waals surface area (Å²) in [5.41, 5.74) is 2.08. The molecule has 0 aliphatic carbocycles. The van der Waals surface area contributed by atoms with E-state index in [1.165, 1.54) is 7.11 Å². The SMILES string of the molecule is COC(=O)c1ccccc1NC(=S)N(CCCN(C)C)Cc1cc2cc(OC)ccc2[nH]c1=O. The lowest BCUT2D eigenvalue weighted by atomic mass is 10.1. The van der Waals surface area contributed by atoms with Crippen LogP contribution in [0.2, 0.25) is 0 Å². The van der Waals surface area contributed by atoms with E-state index in [2.05, 4.69) is 15.2 Å². The molecule has 2 N–H and O–H groups in total. The lowest BCUT2D eigenvalue weighted by Crippen LogP contribution is -2.38. The Morgan fingerprint density at radius 1 is 1.09 bits per heavy atom.